The summed E-state index contributed by atoms with van der Waals surface area (Å²) in [7, 11) is 0. The normalized spacial score (nSPS) is 14.3. The van der Waals surface area contributed by atoms with E-state index in [1.165, 1.54) is 0 Å². The summed E-state index contributed by atoms with van der Waals surface area (Å²) in [5.41, 5.74) is -0.450. The molecule has 100 valence electrons. The van der Waals surface area contributed by atoms with Crippen LogP contribution in [0.1, 0.15) is 32.9 Å². The molecule has 0 fully saturated rings. The summed E-state index contributed by atoms with van der Waals surface area (Å²) in [6.45, 7) is 6.85. The zero-order chi connectivity index (χ0) is 13.9. The molecule has 1 aromatic rings. The minimum atomic E-state index is -1.10. The second kappa shape index (κ2) is 5.20. The maximum Gasteiger partial charge on any atom is 0.310 e. The van der Waals surface area contributed by atoms with Gasteiger partial charge in [0, 0.05) is 12.5 Å². The number of carbonyl (C=O) groups is 2. The highest BCUT2D eigenvalue weighted by atomic mass is 16.5. The van der Waals surface area contributed by atoms with E-state index in [-0.39, 0.29) is 18.2 Å². The van der Waals surface area contributed by atoms with Gasteiger partial charge in [-0.3, -0.25) is 14.9 Å². The Hall–Kier alpha value is -1.85. The van der Waals surface area contributed by atoms with Crippen LogP contribution in [0.5, 0.6) is 0 Å². The second-order valence-corrected chi connectivity index (χ2v) is 4.93. The van der Waals surface area contributed by atoms with Gasteiger partial charge in [0.25, 0.3) is 0 Å². The Morgan fingerprint density at radius 2 is 2.17 bits per heavy atom. The Balaban J connectivity index is 2.71. The summed E-state index contributed by atoms with van der Waals surface area (Å²) in [6.07, 6.45) is -0.111. The summed E-state index contributed by atoms with van der Waals surface area (Å²) in [4.78, 5) is 23.0. The van der Waals surface area contributed by atoms with Gasteiger partial charge in [-0.05, 0) is 19.8 Å². The first-order valence-corrected chi connectivity index (χ1v) is 5.72. The largest absolute Gasteiger partial charge is 0.481 e. The number of rotatable bonds is 5. The Labute approximate surface area is 105 Å². The topological polar surface area (TPSA) is 92.4 Å². The molecular weight excluding hydrogens is 236 g/mol. The molecule has 0 saturated carbocycles. The van der Waals surface area contributed by atoms with Gasteiger partial charge in [-0.25, -0.2) is 0 Å². The van der Waals surface area contributed by atoms with Crippen LogP contribution in [0, 0.1) is 18.3 Å². The Bertz CT molecular complexity index is 453. The quantitative estimate of drug-likeness (QED) is 0.839. The highest BCUT2D eigenvalue weighted by Crippen LogP contribution is 2.31. The van der Waals surface area contributed by atoms with E-state index < -0.39 is 17.3 Å². The van der Waals surface area contributed by atoms with E-state index in [1.54, 1.807) is 33.8 Å². The third-order valence-corrected chi connectivity index (χ3v) is 3.18. The molecule has 0 aliphatic rings. The van der Waals surface area contributed by atoms with Crippen molar-refractivity contribution in [1.82, 2.24) is 5.16 Å². The molecule has 1 amide bonds. The van der Waals surface area contributed by atoms with Crippen molar-refractivity contribution in [2.75, 3.05) is 5.32 Å². The van der Waals surface area contributed by atoms with Gasteiger partial charge in [-0.15, -0.1) is 0 Å². The minimum absolute atomic E-state index is 0.111. The smallest absolute Gasteiger partial charge is 0.310 e. The molecule has 6 heteroatoms. The molecule has 1 aromatic heterocycles. The van der Waals surface area contributed by atoms with E-state index in [1.807, 2.05) is 0 Å². The Morgan fingerprint density at radius 3 is 2.56 bits per heavy atom. The molecule has 0 radical (unpaired) electrons. The average Bonchev–Trinajstić information content (AvgIpc) is 2.62. The van der Waals surface area contributed by atoms with E-state index >= 15 is 0 Å². The van der Waals surface area contributed by atoms with Crippen molar-refractivity contribution < 1.29 is 19.2 Å². The monoisotopic (exact) mass is 254 g/mol. The Kier molecular flexibility index (Phi) is 4.11. The predicted octanol–water partition coefficient (Wildman–Crippen LogP) is 2.06. The first-order chi connectivity index (χ1) is 8.25. The molecule has 0 aromatic carbocycles. The van der Waals surface area contributed by atoms with Gasteiger partial charge in [-0.1, -0.05) is 19.0 Å². The van der Waals surface area contributed by atoms with Gasteiger partial charge >= 0.3 is 5.97 Å². The van der Waals surface area contributed by atoms with Gasteiger partial charge in [0.15, 0.2) is 0 Å². The van der Waals surface area contributed by atoms with Gasteiger partial charge in [0.2, 0.25) is 11.8 Å². The molecule has 0 aliphatic carbocycles. The molecule has 1 unspecified atom stereocenters. The summed E-state index contributed by atoms with van der Waals surface area (Å²) in [5.74, 6) is -1.31. The van der Waals surface area contributed by atoms with E-state index in [4.69, 9.17) is 4.52 Å². The third kappa shape index (κ3) is 3.09. The van der Waals surface area contributed by atoms with Crippen LogP contribution in [-0.4, -0.2) is 22.1 Å². The van der Waals surface area contributed by atoms with Gasteiger partial charge < -0.3 is 9.63 Å². The number of hydrogen-bond donors (Lipinski definition) is 2. The lowest BCUT2D eigenvalue weighted by Crippen LogP contribution is -2.37. The number of nitrogens with zero attached hydrogens (tertiary/aromatic N) is 1. The molecule has 1 atom stereocenters. The maximum atomic E-state index is 11.8. The van der Waals surface area contributed by atoms with E-state index in [0.29, 0.717) is 5.69 Å². The average molecular weight is 254 g/mol. The van der Waals surface area contributed by atoms with E-state index in [9.17, 15) is 14.7 Å². The minimum Gasteiger partial charge on any atom is -0.481 e. The SMILES string of the molecule is Cc1cc(NC(=O)CC(C)(C(=O)O)C(C)C)on1. The van der Waals surface area contributed by atoms with Crippen molar-refractivity contribution in [3.63, 3.8) is 0 Å². The van der Waals surface area contributed by atoms with E-state index in [2.05, 4.69) is 10.5 Å². The van der Waals surface area contributed by atoms with Crippen molar-refractivity contribution in [2.45, 2.75) is 34.1 Å². The molecule has 18 heavy (non-hydrogen) atoms. The highest BCUT2D eigenvalue weighted by Gasteiger charge is 2.38. The van der Waals surface area contributed by atoms with E-state index in [0.717, 1.165) is 0 Å². The summed E-state index contributed by atoms with van der Waals surface area (Å²) in [5, 5.41) is 15.3. The number of nitrogens with one attached hydrogen (secondary N) is 1. The van der Waals surface area contributed by atoms with Crippen LogP contribution in [-0.2, 0) is 9.59 Å². The van der Waals surface area contributed by atoms with Gasteiger partial charge in [-0.2, -0.15) is 0 Å². The zero-order valence-electron chi connectivity index (χ0n) is 11.0. The number of aromatic nitrogens is 1. The lowest BCUT2D eigenvalue weighted by Gasteiger charge is -2.27. The number of aryl methyl sites for hydroxylation is 1. The summed E-state index contributed by atoms with van der Waals surface area (Å²) >= 11 is 0. The molecule has 0 bridgehead atoms. The number of carboxylic acid groups (broad SMARTS) is 1. The molecule has 6 nitrogen and oxygen atoms in total. The fourth-order valence-corrected chi connectivity index (χ4v) is 1.46. The predicted molar refractivity (Wildman–Crippen MR) is 65.1 cm³/mol. The lowest BCUT2D eigenvalue weighted by molar-refractivity contribution is -0.153. The molecule has 2 N–H and O–H groups in total. The van der Waals surface area contributed by atoms with Crippen LogP contribution >= 0.6 is 0 Å². The van der Waals surface area contributed by atoms with Crippen LogP contribution in [0.3, 0.4) is 0 Å². The van der Waals surface area contributed by atoms with Crippen molar-refractivity contribution in [3.05, 3.63) is 11.8 Å². The number of amides is 1. The lowest BCUT2D eigenvalue weighted by atomic mass is 9.76. The summed E-state index contributed by atoms with van der Waals surface area (Å²) < 4.78 is 4.84. The van der Waals surface area contributed by atoms with Crippen LogP contribution < -0.4 is 5.32 Å². The number of anilines is 1. The number of hydrogen-bond acceptors (Lipinski definition) is 4. The third-order valence-electron chi connectivity index (χ3n) is 3.18. The first-order valence-electron chi connectivity index (χ1n) is 5.72. The Morgan fingerprint density at radius 1 is 1.56 bits per heavy atom. The van der Waals surface area contributed by atoms with Crippen molar-refractivity contribution >= 4 is 17.8 Å². The standard InChI is InChI=1S/C12H18N2O4/c1-7(2)12(4,11(16)17)6-9(15)13-10-5-8(3)14-18-10/h5,7H,6H2,1-4H3,(H,13,15)(H,16,17). The van der Waals surface area contributed by atoms with Crippen LogP contribution in [0.15, 0.2) is 10.6 Å². The van der Waals surface area contributed by atoms with Crippen LogP contribution in [0.4, 0.5) is 5.88 Å². The van der Waals surface area contributed by atoms with Crippen molar-refractivity contribution in [3.8, 4) is 0 Å². The summed E-state index contributed by atoms with van der Waals surface area (Å²) in [6, 6.07) is 1.57. The molecule has 1 heterocycles. The van der Waals surface area contributed by atoms with Gasteiger partial charge in [0.05, 0.1) is 11.1 Å². The fraction of sp³-hybridized carbons (Fsp3) is 0.583. The number of carbonyl (C=O) groups excluding carboxylic acids is 1. The second-order valence-electron chi connectivity index (χ2n) is 4.93. The number of carboxylic acids is 1. The van der Waals surface area contributed by atoms with Crippen LogP contribution in [0.2, 0.25) is 0 Å². The van der Waals surface area contributed by atoms with Crippen molar-refractivity contribution in [2.24, 2.45) is 11.3 Å². The molecule has 0 aliphatic heterocycles. The number of aliphatic carboxylic acids is 1. The van der Waals surface area contributed by atoms with Crippen molar-refractivity contribution in [1.29, 1.82) is 0 Å². The highest BCUT2D eigenvalue weighted by molar-refractivity contribution is 5.93. The molecule has 0 spiro atoms. The maximum absolute atomic E-state index is 11.8. The first kappa shape index (κ1) is 14.2. The molecular formula is C12H18N2O4. The van der Waals surface area contributed by atoms with Gasteiger partial charge in [0.1, 0.15) is 0 Å². The fourth-order valence-electron chi connectivity index (χ4n) is 1.46. The zero-order valence-corrected chi connectivity index (χ0v) is 11.0. The molecule has 0 saturated heterocycles. The van der Waals surface area contributed by atoms with Crippen LogP contribution in [0.25, 0.3) is 0 Å². The molecule has 1 rings (SSSR count).